The monoisotopic (exact) mass is 434 g/mol. The molecule has 1 saturated carbocycles. The number of hydrogen-bond donors (Lipinski definition) is 1. The standard InChI is InChI=1S/C25H30N4O3/c1-3-32-23(30)16-28-25(31)29(20-12-10-19(26)11-13-20)22-15-17(2)9-14-21(22)24(27-28)18-7-5-4-6-8-18/h9-15,18H,3-8,16,26H2,1-2H3. The molecule has 4 rings (SSSR count). The van der Waals surface area contributed by atoms with Gasteiger partial charge < -0.3 is 10.5 Å². The number of esters is 1. The molecule has 2 amide bonds. The summed E-state index contributed by atoms with van der Waals surface area (Å²) in [5.41, 5.74) is 10.8. The third-order valence-corrected chi connectivity index (χ3v) is 6.04. The smallest absolute Gasteiger partial charge is 0.350 e. The lowest BCUT2D eigenvalue weighted by atomic mass is 9.82. The van der Waals surface area contributed by atoms with Crippen molar-refractivity contribution in [1.29, 1.82) is 0 Å². The molecule has 1 fully saturated rings. The Morgan fingerprint density at radius 2 is 1.84 bits per heavy atom. The Bertz CT molecular complexity index is 1030. The van der Waals surface area contributed by atoms with E-state index in [0.29, 0.717) is 11.4 Å². The number of carbonyl (C=O) groups excluding carboxylic acids is 2. The predicted molar refractivity (Wildman–Crippen MR) is 126 cm³/mol. The van der Waals surface area contributed by atoms with E-state index < -0.39 is 5.97 Å². The molecule has 168 valence electrons. The summed E-state index contributed by atoms with van der Waals surface area (Å²) in [5.74, 6) is -0.235. The molecule has 7 nitrogen and oxygen atoms in total. The van der Waals surface area contributed by atoms with Crippen LogP contribution in [0.25, 0.3) is 0 Å². The van der Waals surface area contributed by atoms with Gasteiger partial charge in [-0.05, 0) is 62.6 Å². The highest BCUT2D eigenvalue weighted by Gasteiger charge is 2.35. The zero-order chi connectivity index (χ0) is 22.7. The molecule has 2 N–H and O–H groups in total. The normalized spacial score (nSPS) is 16.9. The van der Waals surface area contributed by atoms with E-state index in [1.807, 2.05) is 37.3 Å². The van der Waals surface area contributed by atoms with E-state index in [1.165, 1.54) is 11.4 Å². The Labute approximate surface area is 188 Å². The molecular weight excluding hydrogens is 404 g/mol. The topological polar surface area (TPSA) is 88.2 Å². The van der Waals surface area contributed by atoms with Crippen LogP contribution in [0.4, 0.5) is 21.9 Å². The van der Waals surface area contributed by atoms with E-state index in [0.717, 1.165) is 48.2 Å². The maximum Gasteiger partial charge on any atom is 0.350 e. The number of nitrogens with zero attached hydrogens (tertiary/aromatic N) is 3. The molecule has 0 bridgehead atoms. The maximum absolute atomic E-state index is 13.8. The number of urea groups is 1. The number of hydrazone groups is 1. The largest absolute Gasteiger partial charge is 0.465 e. The summed E-state index contributed by atoms with van der Waals surface area (Å²) in [6, 6.07) is 12.9. The van der Waals surface area contributed by atoms with E-state index >= 15 is 0 Å². The van der Waals surface area contributed by atoms with Crippen molar-refractivity contribution in [3.63, 3.8) is 0 Å². The van der Waals surface area contributed by atoms with E-state index in [2.05, 4.69) is 0 Å². The lowest BCUT2D eigenvalue weighted by Gasteiger charge is -2.27. The van der Waals surface area contributed by atoms with Crippen LogP contribution in [0.5, 0.6) is 0 Å². The van der Waals surface area contributed by atoms with Gasteiger partial charge in [-0.25, -0.2) is 9.80 Å². The lowest BCUT2D eigenvalue weighted by molar-refractivity contribution is -0.143. The fourth-order valence-electron chi connectivity index (χ4n) is 4.47. The fraction of sp³-hybridized carbons (Fsp3) is 0.400. The highest BCUT2D eigenvalue weighted by Crippen LogP contribution is 2.38. The highest BCUT2D eigenvalue weighted by molar-refractivity contribution is 6.14. The van der Waals surface area contributed by atoms with Gasteiger partial charge in [-0.1, -0.05) is 31.4 Å². The Morgan fingerprint density at radius 3 is 2.53 bits per heavy atom. The minimum absolute atomic E-state index is 0.235. The van der Waals surface area contributed by atoms with Crippen molar-refractivity contribution in [3.05, 3.63) is 53.6 Å². The zero-order valence-electron chi connectivity index (χ0n) is 18.7. The number of aryl methyl sites for hydroxylation is 1. The SMILES string of the molecule is CCOC(=O)CN1N=C(C2CCCCC2)c2ccc(C)cc2N(c2ccc(N)cc2)C1=O. The molecular formula is C25H30N4O3. The van der Waals surface area contributed by atoms with Gasteiger partial charge in [0, 0.05) is 17.2 Å². The van der Waals surface area contributed by atoms with Gasteiger partial charge in [-0.3, -0.25) is 9.69 Å². The molecule has 0 saturated heterocycles. The molecule has 2 aromatic rings. The summed E-state index contributed by atoms with van der Waals surface area (Å²) in [5, 5.41) is 6.06. The van der Waals surface area contributed by atoms with E-state index in [1.54, 1.807) is 24.0 Å². The highest BCUT2D eigenvalue weighted by atomic mass is 16.5. The third kappa shape index (κ3) is 4.47. The van der Waals surface area contributed by atoms with Gasteiger partial charge in [0.05, 0.1) is 23.7 Å². The lowest BCUT2D eigenvalue weighted by Crippen LogP contribution is -2.40. The number of amides is 2. The summed E-state index contributed by atoms with van der Waals surface area (Å²) in [6.07, 6.45) is 5.54. The number of anilines is 3. The first kappa shape index (κ1) is 21.9. The summed E-state index contributed by atoms with van der Waals surface area (Å²) in [6.45, 7) is 3.77. The minimum atomic E-state index is -0.480. The number of nitrogens with two attached hydrogens (primary N) is 1. The van der Waals surface area contributed by atoms with Crippen molar-refractivity contribution in [2.24, 2.45) is 11.0 Å². The Kier molecular flexibility index (Phi) is 6.44. The van der Waals surface area contributed by atoms with Crippen LogP contribution in [0.3, 0.4) is 0 Å². The van der Waals surface area contributed by atoms with Gasteiger partial charge >= 0.3 is 12.0 Å². The summed E-state index contributed by atoms with van der Waals surface area (Å²) in [7, 11) is 0. The molecule has 32 heavy (non-hydrogen) atoms. The third-order valence-electron chi connectivity index (χ3n) is 6.04. The maximum atomic E-state index is 13.8. The first-order valence-corrected chi connectivity index (χ1v) is 11.3. The zero-order valence-corrected chi connectivity index (χ0v) is 18.7. The van der Waals surface area contributed by atoms with Crippen LogP contribution < -0.4 is 10.6 Å². The first-order valence-electron chi connectivity index (χ1n) is 11.3. The number of hydrogen-bond acceptors (Lipinski definition) is 5. The molecule has 2 aliphatic rings. The minimum Gasteiger partial charge on any atom is -0.465 e. The second kappa shape index (κ2) is 9.42. The first-order chi connectivity index (χ1) is 15.5. The molecule has 7 heteroatoms. The van der Waals surface area contributed by atoms with Crippen molar-refractivity contribution in [3.8, 4) is 0 Å². The van der Waals surface area contributed by atoms with Crippen LogP contribution in [0.1, 0.15) is 50.2 Å². The Balaban J connectivity index is 1.87. The van der Waals surface area contributed by atoms with Crippen LogP contribution >= 0.6 is 0 Å². The number of fused-ring (bicyclic) bond motifs is 1. The number of nitrogen functional groups attached to an aromatic ring is 1. The molecule has 0 atom stereocenters. The second-order valence-electron chi connectivity index (χ2n) is 8.41. The van der Waals surface area contributed by atoms with Crippen LogP contribution in [0, 0.1) is 12.8 Å². The van der Waals surface area contributed by atoms with E-state index in [-0.39, 0.29) is 25.1 Å². The second-order valence-corrected chi connectivity index (χ2v) is 8.41. The van der Waals surface area contributed by atoms with Gasteiger partial charge in [-0.2, -0.15) is 5.10 Å². The Hall–Kier alpha value is -3.35. The van der Waals surface area contributed by atoms with Crippen molar-refractivity contribution < 1.29 is 14.3 Å². The van der Waals surface area contributed by atoms with Crippen LogP contribution in [-0.4, -0.2) is 35.9 Å². The molecule has 0 aromatic heterocycles. The van der Waals surface area contributed by atoms with Gasteiger partial charge in [0.1, 0.15) is 6.54 Å². The van der Waals surface area contributed by atoms with Gasteiger partial charge in [0.25, 0.3) is 0 Å². The van der Waals surface area contributed by atoms with Crippen molar-refractivity contribution >= 4 is 34.8 Å². The molecule has 2 aromatic carbocycles. The predicted octanol–water partition coefficient (Wildman–Crippen LogP) is 5.00. The summed E-state index contributed by atoms with van der Waals surface area (Å²) >= 11 is 0. The number of benzene rings is 2. The Morgan fingerprint density at radius 1 is 1.12 bits per heavy atom. The molecule has 1 heterocycles. The van der Waals surface area contributed by atoms with Crippen LogP contribution in [0.15, 0.2) is 47.6 Å². The summed E-state index contributed by atoms with van der Waals surface area (Å²) < 4.78 is 5.13. The fourth-order valence-corrected chi connectivity index (χ4v) is 4.47. The number of ether oxygens (including phenoxy) is 1. The molecule has 1 aliphatic heterocycles. The van der Waals surface area contributed by atoms with Gasteiger partial charge in [0.2, 0.25) is 0 Å². The van der Waals surface area contributed by atoms with Gasteiger partial charge in [-0.15, -0.1) is 0 Å². The average Bonchev–Trinajstić information content (AvgIpc) is 2.90. The summed E-state index contributed by atoms with van der Waals surface area (Å²) in [4.78, 5) is 27.8. The van der Waals surface area contributed by atoms with Gasteiger partial charge in [0.15, 0.2) is 0 Å². The van der Waals surface area contributed by atoms with E-state index in [9.17, 15) is 9.59 Å². The van der Waals surface area contributed by atoms with Crippen molar-refractivity contribution in [2.75, 3.05) is 23.8 Å². The average molecular weight is 435 g/mol. The molecule has 0 radical (unpaired) electrons. The number of carbonyl (C=O) groups is 2. The van der Waals surface area contributed by atoms with Crippen molar-refractivity contribution in [1.82, 2.24) is 5.01 Å². The van der Waals surface area contributed by atoms with Crippen LogP contribution in [-0.2, 0) is 9.53 Å². The number of rotatable bonds is 5. The molecule has 0 unspecified atom stereocenters. The van der Waals surface area contributed by atoms with Crippen molar-refractivity contribution in [2.45, 2.75) is 46.0 Å². The molecule has 1 aliphatic carbocycles. The van der Waals surface area contributed by atoms with Crippen LogP contribution in [0.2, 0.25) is 0 Å². The quantitative estimate of drug-likeness (QED) is 0.530. The molecule has 0 spiro atoms. The van der Waals surface area contributed by atoms with E-state index in [4.69, 9.17) is 15.6 Å².